The summed E-state index contributed by atoms with van der Waals surface area (Å²) in [4.78, 5) is 26.7. The van der Waals surface area contributed by atoms with Gasteiger partial charge in [0, 0.05) is 18.0 Å². The van der Waals surface area contributed by atoms with Crippen molar-refractivity contribution in [3.05, 3.63) is 21.4 Å². The van der Waals surface area contributed by atoms with Crippen molar-refractivity contribution in [2.45, 2.75) is 26.7 Å². The molecular weight excluding hydrogens is 250 g/mol. The van der Waals surface area contributed by atoms with Crippen LogP contribution in [0.15, 0.2) is 6.07 Å². The van der Waals surface area contributed by atoms with Crippen molar-refractivity contribution in [3.8, 4) is 0 Å². The molecule has 98 valence electrons. The molecule has 18 heavy (non-hydrogen) atoms. The van der Waals surface area contributed by atoms with Crippen LogP contribution in [0.5, 0.6) is 0 Å². The molecule has 0 unspecified atom stereocenters. The largest absolute Gasteiger partial charge is 0.481 e. The Kier molecular flexibility index (Phi) is 3.71. The number of carbonyl (C=O) groups excluding carboxylic acids is 1. The van der Waals surface area contributed by atoms with E-state index in [-0.39, 0.29) is 5.91 Å². The molecule has 2 heterocycles. The highest BCUT2D eigenvalue weighted by Gasteiger charge is 2.31. The van der Waals surface area contributed by atoms with Gasteiger partial charge in [-0.15, -0.1) is 11.3 Å². The van der Waals surface area contributed by atoms with Crippen molar-refractivity contribution in [1.82, 2.24) is 4.90 Å². The summed E-state index contributed by atoms with van der Waals surface area (Å²) >= 11 is 1.50. The standard InChI is InChI=1S/C13H17NO3S/c1-3-9-6-11(18-8(9)2)12(15)14-5-4-10(7-14)13(16)17/h6,10H,3-5,7H2,1-2H3,(H,16,17)/t10-/m1/s1. The number of amides is 1. The molecule has 0 bridgehead atoms. The zero-order valence-corrected chi connectivity index (χ0v) is 11.4. The maximum atomic E-state index is 12.2. The molecule has 1 N–H and O–H groups in total. The number of carbonyl (C=O) groups is 2. The molecular formula is C13H17NO3S. The van der Waals surface area contributed by atoms with Crippen molar-refractivity contribution in [2.75, 3.05) is 13.1 Å². The topological polar surface area (TPSA) is 57.6 Å². The summed E-state index contributed by atoms with van der Waals surface area (Å²) in [5, 5.41) is 8.93. The van der Waals surface area contributed by atoms with Crippen molar-refractivity contribution >= 4 is 23.2 Å². The minimum Gasteiger partial charge on any atom is -0.481 e. The van der Waals surface area contributed by atoms with Crippen LogP contribution in [-0.4, -0.2) is 35.0 Å². The molecule has 2 rings (SSSR count). The second-order valence-electron chi connectivity index (χ2n) is 4.62. The number of aliphatic carboxylic acids is 1. The quantitative estimate of drug-likeness (QED) is 0.913. The molecule has 1 fully saturated rings. The molecule has 1 amide bonds. The van der Waals surface area contributed by atoms with Crippen molar-refractivity contribution < 1.29 is 14.7 Å². The number of hydrogen-bond donors (Lipinski definition) is 1. The van der Waals surface area contributed by atoms with E-state index in [2.05, 4.69) is 6.92 Å². The zero-order valence-electron chi connectivity index (χ0n) is 10.6. The van der Waals surface area contributed by atoms with Gasteiger partial charge < -0.3 is 10.0 Å². The van der Waals surface area contributed by atoms with E-state index in [1.165, 1.54) is 21.8 Å². The van der Waals surface area contributed by atoms with Gasteiger partial charge >= 0.3 is 5.97 Å². The smallest absolute Gasteiger partial charge is 0.308 e. The van der Waals surface area contributed by atoms with Crippen LogP contribution in [0.1, 0.15) is 33.5 Å². The van der Waals surface area contributed by atoms with Gasteiger partial charge in [-0.05, 0) is 31.4 Å². The molecule has 1 aliphatic rings. The Morgan fingerprint density at radius 1 is 1.56 bits per heavy atom. The maximum Gasteiger partial charge on any atom is 0.308 e. The van der Waals surface area contributed by atoms with E-state index in [0.717, 1.165) is 11.3 Å². The van der Waals surface area contributed by atoms with E-state index < -0.39 is 11.9 Å². The number of thiophene rings is 1. The maximum absolute atomic E-state index is 12.2. The molecule has 0 radical (unpaired) electrons. The molecule has 1 atom stereocenters. The van der Waals surface area contributed by atoms with Crippen LogP contribution >= 0.6 is 11.3 Å². The Morgan fingerprint density at radius 2 is 2.28 bits per heavy atom. The predicted molar refractivity (Wildman–Crippen MR) is 70.1 cm³/mol. The lowest BCUT2D eigenvalue weighted by Gasteiger charge is -2.14. The van der Waals surface area contributed by atoms with Gasteiger partial charge in [0.05, 0.1) is 10.8 Å². The highest BCUT2D eigenvalue weighted by atomic mass is 32.1. The molecule has 1 aliphatic heterocycles. The third kappa shape index (κ3) is 2.41. The average Bonchev–Trinajstić information content (AvgIpc) is 2.94. The first-order chi connectivity index (χ1) is 8.52. The first kappa shape index (κ1) is 13.1. The third-order valence-electron chi connectivity index (χ3n) is 3.44. The second kappa shape index (κ2) is 5.10. The summed E-state index contributed by atoms with van der Waals surface area (Å²) in [7, 11) is 0. The van der Waals surface area contributed by atoms with E-state index in [0.29, 0.717) is 19.5 Å². The summed E-state index contributed by atoms with van der Waals surface area (Å²) in [5.74, 6) is -1.23. The fraction of sp³-hybridized carbons (Fsp3) is 0.538. The number of aryl methyl sites for hydroxylation is 2. The number of carboxylic acid groups (broad SMARTS) is 1. The highest BCUT2D eigenvalue weighted by Crippen LogP contribution is 2.26. The fourth-order valence-corrected chi connectivity index (χ4v) is 3.36. The van der Waals surface area contributed by atoms with E-state index in [9.17, 15) is 9.59 Å². The fourth-order valence-electron chi connectivity index (χ4n) is 2.28. The van der Waals surface area contributed by atoms with Gasteiger partial charge in [0.15, 0.2) is 0 Å². The lowest BCUT2D eigenvalue weighted by Crippen LogP contribution is -2.29. The van der Waals surface area contributed by atoms with Crippen LogP contribution in [0.4, 0.5) is 0 Å². The van der Waals surface area contributed by atoms with Crippen LogP contribution in [0, 0.1) is 12.8 Å². The Labute approximate surface area is 110 Å². The average molecular weight is 267 g/mol. The molecule has 5 heteroatoms. The van der Waals surface area contributed by atoms with Crippen LogP contribution < -0.4 is 0 Å². The molecule has 0 spiro atoms. The van der Waals surface area contributed by atoms with Crippen molar-refractivity contribution in [1.29, 1.82) is 0 Å². The predicted octanol–water partition coefficient (Wildman–Crippen LogP) is 2.17. The molecule has 0 saturated carbocycles. The minimum absolute atomic E-state index is 0.0217. The van der Waals surface area contributed by atoms with E-state index in [1.54, 1.807) is 4.90 Å². The number of likely N-dealkylation sites (tertiary alicyclic amines) is 1. The Hall–Kier alpha value is -1.36. The molecule has 1 aromatic rings. The Morgan fingerprint density at radius 3 is 2.78 bits per heavy atom. The van der Waals surface area contributed by atoms with Gasteiger partial charge in [-0.25, -0.2) is 0 Å². The Bertz CT molecular complexity index is 481. The number of nitrogens with zero attached hydrogens (tertiary/aromatic N) is 1. The van der Waals surface area contributed by atoms with E-state index >= 15 is 0 Å². The number of carboxylic acids is 1. The lowest BCUT2D eigenvalue weighted by molar-refractivity contribution is -0.141. The van der Waals surface area contributed by atoms with Crippen molar-refractivity contribution in [3.63, 3.8) is 0 Å². The van der Waals surface area contributed by atoms with Crippen molar-refractivity contribution in [2.24, 2.45) is 5.92 Å². The third-order valence-corrected chi connectivity index (χ3v) is 4.52. The van der Waals surface area contributed by atoms with Crippen LogP contribution in [-0.2, 0) is 11.2 Å². The monoisotopic (exact) mass is 267 g/mol. The van der Waals surface area contributed by atoms with Gasteiger partial charge in [-0.3, -0.25) is 9.59 Å². The van der Waals surface area contributed by atoms with Gasteiger partial charge in [-0.2, -0.15) is 0 Å². The van der Waals surface area contributed by atoms with Gasteiger partial charge in [0.1, 0.15) is 0 Å². The SMILES string of the molecule is CCc1cc(C(=O)N2CC[C@@H](C(=O)O)C2)sc1C. The number of rotatable bonds is 3. The molecule has 1 saturated heterocycles. The molecule has 0 aliphatic carbocycles. The summed E-state index contributed by atoms with van der Waals surface area (Å²) in [6.45, 7) is 4.98. The molecule has 1 aromatic heterocycles. The Balaban J connectivity index is 2.10. The van der Waals surface area contributed by atoms with Gasteiger partial charge in [0.2, 0.25) is 0 Å². The summed E-state index contributed by atoms with van der Waals surface area (Å²) in [6, 6.07) is 1.94. The van der Waals surface area contributed by atoms with E-state index in [4.69, 9.17) is 5.11 Å². The summed E-state index contributed by atoms with van der Waals surface area (Å²) in [5.41, 5.74) is 1.21. The van der Waals surface area contributed by atoms with E-state index in [1.807, 2.05) is 13.0 Å². The van der Waals surface area contributed by atoms with Crippen LogP contribution in [0.3, 0.4) is 0 Å². The summed E-state index contributed by atoms with van der Waals surface area (Å²) < 4.78 is 0. The van der Waals surface area contributed by atoms with Gasteiger partial charge in [-0.1, -0.05) is 6.92 Å². The first-order valence-corrected chi connectivity index (χ1v) is 6.96. The van der Waals surface area contributed by atoms with Crippen LogP contribution in [0.25, 0.3) is 0 Å². The molecule has 0 aromatic carbocycles. The highest BCUT2D eigenvalue weighted by molar-refractivity contribution is 7.14. The first-order valence-electron chi connectivity index (χ1n) is 6.14. The van der Waals surface area contributed by atoms with Gasteiger partial charge in [0.25, 0.3) is 5.91 Å². The van der Waals surface area contributed by atoms with Crippen LogP contribution in [0.2, 0.25) is 0 Å². The zero-order chi connectivity index (χ0) is 13.3. The normalized spacial score (nSPS) is 19.2. The number of hydrogen-bond acceptors (Lipinski definition) is 3. The lowest BCUT2D eigenvalue weighted by atomic mass is 10.1. The summed E-state index contributed by atoms with van der Waals surface area (Å²) in [6.07, 6.45) is 1.49. The second-order valence-corrected chi connectivity index (χ2v) is 5.88. The molecule has 4 nitrogen and oxygen atoms in total. The minimum atomic E-state index is -0.804.